The van der Waals surface area contributed by atoms with Crippen LogP contribution in [0.2, 0.25) is 0 Å². The van der Waals surface area contributed by atoms with Crippen LogP contribution in [0.1, 0.15) is 25.7 Å². The Bertz CT molecular complexity index is 717. The van der Waals surface area contributed by atoms with Gasteiger partial charge >= 0.3 is 0 Å². The minimum atomic E-state index is -3.30. The minimum Gasteiger partial charge on any atom is -0.330 e. The molecule has 0 aliphatic heterocycles. The van der Waals surface area contributed by atoms with Gasteiger partial charge in [0.15, 0.2) is 9.84 Å². The fourth-order valence-electron chi connectivity index (χ4n) is 2.10. The molecular weight excluding hydrogens is 262 g/mol. The Labute approximate surface area is 113 Å². The van der Waals surface area contributed by atoms with Crippen LogP contribution in [0.3, 0.4) is 0 Å². The third-order valence-electron chi connectivity index (χ3n) is 3.32. The van der Waals surface area contributed by atoms with E-state index in [-0.39, 0.29) is 16.9 Å². The molecule has 1 heterocycles. The lowest BCUT2D eigenvalue weighted by molar-refractivity contribution is 0.480. The van der Waals surface area contributed by atoms with Gasteiger partial charge < -0.3 is 10.3 Å². The maximum Gasteiger partial charge on any atom is 0.177 e. The number of nitrogens with zero attached hydrogens (tertiary/aromatic N) is 2. The summed E-state index contributed by atoms with van der Waals surface area (Å²) in [6.45, 7) is 4.03. The largest absolute Gasteiger partial charge is 0.330 e. The zero-order chi connectivity index (χ0) is 14.4. The van der Waals surface area contributed by atoms with E-state index in [0.717, 1.165) is 5.52 Å². The average molecular weight is 281 g/mol. The van der Waals surface area contributed by atoms with E-state index in [9.17, 15) is 8.42 Å². The number of hydrogen-bond acceptors (Lipinski definition) is 4. The number of aryl methyl sites for hydroxylation is 1. The fourth-order valence-corrected chi connectivity index (χ4v) is 2.93. The van der Waals surface area contributed by atoms with Crippen molar-refractivity contribution in [3.63, 3.8) is 0 Å². The summed E-state index contributed by atoms with van der Waals surface area (Å²) in [6, 6.07) is 4.94. The van der Waals surface area contributed by atoms with Gasteiger partial charge in [0.1, 0.15) is 11.3 Å². The molecule has 0 radical (unpaired) electrons. The number of hydrogen-bond donors (Lipinski definition) is 1. The van der Waals surface area contributed by atoms with Crippen LogP contribution in [-0.4, -0.2) is 24.2 Å². The lowest BCUT2D eigenvalue weighted by Gasteiger charge is -2.14. The third kappa shape index (κ3) is 2.37. The van der Waals surface area contributed by atoms with Crippen LogP contribution < -0.4 is 5.73 Å². The maximum absolute atomic E-state index is 11.8. The molecule has 0 fully saturated rings. The van der Waals surface area contributed by atoms with Crippen molar-refractivity contribution < 1.29 is 8.42 Å². The Morgan fingerprint density at radius 3 is 2.47 bits per heavy atom. The van der Waals surface area contributed by atoms with Crippen molar-refractivity contribution in [2.75, 3.05) is 6.26 Å². The first-order valence-corrected chi connectivity index (χ1v) is 8.03. The monoisotopic (exact) mass is 281 g/mol. The van der Waals surface area contributed by atoms with Crippen LogP contribution in [0.15, 0.2) is 23.1 Å². The van der Waals surface area contributed by atoms with Crippen molar-refractivity contribution in [1.82, 2.24) is 9.55 Å². The van der Waals surface area contributed by atoms with Crippen molar-refractivity contribution in [3.8, 4) is 0 Å². The molecule has 104 valence electrons. The molecule has 5 nitrogen and oxygen atoms in total. The summed E-state index contributed by atoms with van der Waals surface area (Å²) in [7, 11) is -1.44. The maximum atomic E-state index is 11.8. The van der Waals surface area contributed by atoms with Gasteiger partial charge in [0.05, 0.1) is 16.5 Å². The number of sulfone groups is 1. The molecule has 2 rings (SSSR count). The van der Waals surface area contributed by atoms with E-state index in [1.165, 1.54) is 6.26 Å². The molecule has 0 aliphatic carbocycles. The first kappa shape index (κ1) is 14.0. The number of benzene rings is 1. The summed E-state index contributed by atoms with van der Waals surface area (Å²) in [5, 5.41) is 0. The molecular formula is C13H19N3O2S. The third-order valence-corrected chi connectivity index (χ3v) is 4.45. The Hall–Kier alpha value is -1.40. The standard InChI is InChI=1S/C13H19N3O2S/c1-8(2)11(14)13-15-12-9(16(13)3)6-5-7-10(12)19(4,17)18/h5-8,11H,14H2,1-4H3. The second-order valence-corrected chi connectivity index (χ2v) is 7.18. The summed E-state index contributed by atoms with van der Waals surface area (Å²) < 4.78 is 25.5. The van der Waals surface area contributed by atoms with Gasteiger partial charge in [-0.05, 0) is 18.1 Å². The second kappa shape index (κ2) is 4.61. The van der Waals surface area contributed by atoms with E-state index < -0.39 is 9.84 Å². The highest BCUT2D eigenvalue weighted by Crippen LogP contribution is 2.27. The highest BCUT2D eigenvalue weighted by molar-refractivity contribution is 7.91. The van der Waals surface area contributed by atoms with Gasteiger partial charge in [0.25, 0.3) is 0 Å². The van der Waals surface area contributed by atoms with E-state index in [0.29, 0.717) is 11.3 Å². The van der Waals surface area contributed by atoms with Crippen molar-refractivity contribution in [1.29, 1.82) is 0 Å². The molecule has 2 aromatic rings. The van der Waals surface area contributed by atoms with Gasteiger partial charge in [-0.25, -0.2) is 13.4 Å². The summed E-state index contributed by atoms with van der Waals surface area (Å²) in [5.41, 5.74) is 7.41. The number of nitrogens with two attached hydrogens (primary N) is 1. The first-order chi connectivity index (χ1) is 8.73. The Morgan fingerprint density at radius 1 is 1.32 bits per heavy atom. The van der Waals surface area contributed by atoms with E-state index >= 15 is 0 Å². The molecule has 0 saturated carbocycles. The molecule has 2 N–H and O–H groups in total. The molecule has 0 amide bonds. The smallest absolute Gasteiger partial charge is 0.177 e. The van der Waals surface area contributed by atoms with Crippen LogP contribution >= 0.6 is 0 Å². The highest BCUT2D eigenvalue weighted by Gasteiger charge is 2.21. The molecule has 1 aromatic heterocycles. The molecule has 0 aliphatic rings. The van der Waals surface area contributed by atoms with Crippen LogP contribution in [0.25, 0.3) is 11.0 Å². The summed E-state index contributed by atoms with van der Waals surface area (Å²) in [6.07, 6.45) is 1.19. The fraction of sp³-hybridized carbons (Fsp3) is 0.462. The molecule has 1 unspecified atom stereocenters. The van der Waals surface area contributed by atoms with Crippen molar-refractivity contribution >= 4 is 20.9 Å². The van der Waals surface area contributed by atoms with E-state index in [1.807, 2.05) is 31.5 Å². The minimum absolute atomic E-state index is 0.218. The predicted octanol–water partition coefficient (Wildman–Crippen LogP) is 1.63. The molecule has 0 bridgehead atoms. The van der Waals surface area contributed by atoms with Gasteiger partial charge in [-0.2, -0.15) is 0 Å². The van der Waals surface area contributed by atoms with E-state index in [1.54, 1.807) is 12.1 Å². The molecule has 1 atom stereocenters. The van der Waals surface area contributed by atoms with Crippen LogP contribution in [0.4, 0.5) is 0 Å². The number of para-hydroxylation sites is 1. The van der Waals surface area contributed by atoms with Gasteiger partial charge in [0.2, 0.25) is 0 Å². The van der Waals surface area contributed by atoms with Crippen LogP contribution in [0.5, 0.6) is 0 Å². The number of fused-ring (bicyclic) bond motifs is 1. The van der Waals surface area contributed by atoms with Crippen molar-refractivity contribution in [3.05, 3.63) is 24.0 Å². The highest BCUT2D eigenvalue weighted by atomic mass is 32.2. The van der Waals surface area contributed by atoms with E-state index in [4.69, 9.17) is 5.73 Å². The van der Waals surface area contributed by atoms with Crippen molar-refractivity contribution in [2.24, 2.45) is 18.7 Å². The second-order valence-electron chi connectivity index (χ2n) is 5.19. The normalized spacial score (nSPS) is 14.2. The zero-order valence-electron chi connectivity index (χ0n) is 11.6. The van der Waals surface area contributed by atoms with E-state index in [2.05, 4.69) is 4.98 Å². The number of aromatic nitrogens is 2. The molecule has 6 heteroatoms. The molecule has 1 aromatic carbocycles. The van der Waals surface area contributed by atoms with Gasteiger partial charge in [-0.15, -0.1) is 0 Å². The molecule has 19 heavy (non-hydrogen) atoms. The van der Waals surface area contributed by atoms with Crippen LogP contribution in [-0.2, 0) is 16.9 Å². The SMILES string of the molecule is CC(C)C(N)c1nc2c(S(C)(=O)=O)cccc2n1C. The summed E-state index contributed by atoms with van der Waals surface area (Å²) in [5.74, 6) is 0.943. The summed E-state index contributed by atoms with van der Waals surface area (Å²) in [4.78, 5) is 4.71. The average Bonchev–Trinajstić information content (AvgIpc) is 2.64. The zero-order valence-corrected chi connectivity index (χ0v) is 12.4. The molecule has 0 spiro atoms. The van der Waals surface area contributed by atoms with Crippen LogP contribution in [0, 0.1) is 5.92 Å². The quantitative estimate of drug-likeness (QED) is 0.927. The predicted molar refractivity (Wildman–Crippen MR) is 75.6 cm³/mol. The summed E-state index contributed by atoms with van der Waals surface area (Å²) >= 11 is 0. The van der Waals surface area contributed by atoms with Crippen molar-refractivity contribution in [2.45, 2.75) is 24.8 Å². The number of rotatable bonds is 3. The first-order valence-electron chi connectivity index (χ1n) is 6.14. The lowest BCUT2D eigenvalue weighted by Crippen LogP contribution is -2.20. The Morgan fingerprint density at radius 2 is 1.95 bits per heavy atom. The lowest BCUT2D eigenvalue weighted by atomic mass is 10.1. The molecule has 0 saturated heterocycles. The van der Waals surface area contributed by atoms with Gasteiger partial charge in [-0.3, -0.25) is 0 Å². The van der Waals surface area contributed by atoms with Gasteiger partial charge in [0, 0.05) is 13.3 Å². The topological polar surface area (TPSA) is 78.0 Å². The number of imidazole rings is 1. The Balaban J connectivity index is 2.77. The Kier molecular flexibility index (Phi) is 3.40. The van der Waals surface area contributed by atoms with Gasteiger partial charge in [-0.1, -0.05) is 19.9 Å².